The molecule has 1 aliphatic heterocycles. The molecular formula is C17H19FN2O2. The molecule has 0 spiro atoms. The van der Waals surface area contributed by atoms with Crippen LogP contribution in [0.15, 0.2) is 36.4 Å². The molecule has 1 aliphatic rings. The average Bonchev–Trinajstić information content (AvgIpc) is 2.92. The smallest absolute Gasteiger partial charge is 0.128 e. The van der Waals surface area contributed by atoms with E-state index in [0.29, 0.717) is 13.1 Å². The summed E-state index contributed by atoms with van der Waals surface area (Å²) in [7, 11) is 3.26. The third-order valence-corrected chi connectivity index (χ3v) is 4.07. The first-order chi connectivity index (χ1) is 10.7. The summed E-state index contributed by atoms with van der Waals surface area (Å²) in [4.78, 5) is 2.09. The molecule has 22 heavy (non-hydrogen) atoms. The van der Waals surface area contributed by atoms with E-state index < -0.39 is 0 Å². The first-order valence-electron chi connectivity index (χ1n) is 7.15. The number of nitrogens with two attached hydrogens (primary N) is 1. The van der Waals surface area contributed by atoms with E-state index in [1.54, 1.807) is 20.3 Å². The largest absolute Gasteiger partial charge is 0.497 e. The number of hydrogen-bond donors (Lipinski definition) is 1. The molecule has 0 radical (unpaired) electrons. The third-order valence-electron chi connectivity index (χ3n) is 4.07. The van der Waals surface area contributed by atoms with E-state index in [1.165, 1.54) is 12.1 Å². The van der Waals surface area contributed by atoms with Gasteiger partial charge in [0.15, 0.2) is 0 Å². The van der Waals surface area contributed by atoms with Crippen molar-refractivity contribution in [2.45, 2.75) is 12.6 Å². The fraction of sp³-hybridized carbons (Fsp3) is 0.294. The van der Waals surface area contributed by atoms with Gasteiger partial charge in [0.1, 0.15) is 17.3 Å². The summed E-state index contributed by atoms with van der Waals surface area (Å²) >= 11 is 0. The number of nitrogens with zero attached hydrogens (tertiary/aromatic N) is 1. The van der Waals surface area contributed by atoms with Gasteiger partial charge in [-0.1, -0.05) is 6.07 Å². The van der Waals surface area contributed by atoms with Crippen molar-refractivity contribution >= 4 is 5.69 Å². The van der Waals surface area contributed by atoms with E-state index in [4.69, 9.17) is 15.2 Å². The van der Waals surface area contributed by atoms with E-state index in [-0.39, 0.29) is 11.9 Å². The number of ether oxygens (including phenoxy) is 2. The van der Waals surface area contributed by atoms with Gasteiger partial charge >= 0.3 is 0 Å². The molecule has 2 aromatic rings. The van der Waals surface area contributed by atoms with Crippen LogP contribution in [0, 0.1) is 5.82 Å². The van der Waals surface area contributed by atoms with Crippen LogP contribution in [0.3, 0.4) is 0 Å². The van der Waals surface area contributed by atoms with Gasteiger partial charge in [-0.25, -0.2) is 4.39 Å². The highest BCUT2D eigenvalue weighted by atomic mass is 19.1. The van der Waals surface area contributed by atoms with E-state index in [0.717, 1.165) is 28.3 Å². The number of hydrogen-bond acceptors (Lipinski definition) is 4. The van der Waals surface area contributed by atoms with Crippen LogP contribution >= 0.6 is 0 Å². The Morgan fingerprint density at radius 3 is 2.68 bits per heavy atom. The highest BCUT2D eigenvalue weighted by Gasteiger charge is 2.33. The SMILES string of the molecule is COc1cc2c(c(OC)c1)C(CN)N(c1cccc(F)c1)C2. The predicted octanol–water partition coefficient (Wildman–Crippen LogP) is 2.86. The molecule has 0 saturated heterocycles. The number of benzene rings is 2. The van der Waals surface area contributed by atoms with Gasteiger partial charge in [-0.2, -0.15) is 0 Å². The Morgan fingerprint density at radius 2 is 2.05 bits per heavy atom. The fourth-order valence-corrected chi connectivity index (χ4v) is 3.07. The van der Waals surface area contributed by atoms with Crippen LogP contribution in [0.1, 0.15) is 17.2 Å². The Labute approximate surface area is 129 Å². The van der Waals surface area contributed by atoms with Crippen molar-refractivity contribution in [3.05, 3.63) is 53.3 Å². The lowest BCUT2D eigenvalue weighted by Crippen LogP contribution is -2.27. The number of methoxy groups -OCH3 is 2. The number of anilines is 1. The molecule has 0 saturated carbocycles. The normalized spacial score (nSPS) is 16.5. The minimum Gasteiger partial charge on any atom is -0.497 e. The van der Waals surface area contributed by atoms with Gasteiger partial charge < -0.3 is 20.1 Å². The summed E-state index contributed by atoms with van der Waals surface area (Å²) in [5.74, 6) is 1.24. The molecule has 0 aromatic heterocycles. The van der Waals surface area contributed by atoms with Crippen LogP contribution in [-0.2, 0) is 6.54 Å². The van der Waals surface area contributed by atoms with Crippen LogP contribution in [0.4, 0.5) is 10.1 Å². The lowest BCUT2D eigenvalue weighted by Gasteiger charge is -2.26. The molecule has 2 aromatic carbocycles. The first-order valence-corrected chi connectivity index (χ1v) is 7.15. The molecule has 1 heterocycles. The van der Waals surface area contributed by atoms with E-state index >= 15 is 0 Å². The topological polar surface area (TPSA) is 47.7 Å². The number of fused-ring (bicyclic) bond motifs is 1. The lowest BCUT2D eigenvalue weighted by atomic mass is 10.0. The second-order valence-corrected chi connectivity index (χ2v) is 5.26. The van der Waals surface area contributed by atoms with E-state index in [9.17, 15) is 4.39 Å². The second-order valence-electron chi connectivity index (χ2n) is 5.26. The summed E-state index contributed by atoms with van der Waals surface area (Å²) in [5.41, 5.74) is 8.94. The highest BCUT2D eigenvalue weighted by Crippen LogP contribution is 2.43. The molecule has 1 atom stereocenters. The quantitative estimate of drug-likeness (QED) is 0.943. The predicted molar refractivity (Wildman–Crippen MR) is 83.9 cm³/mol. The minimum atomic E-state index is -0.256. The monoisotopic (exact) mass is 302 g/mol. The molecule has 0 amide bonds. The second kappa shape index (κ2) is 5.85. The van der Waals surface area contributed by atoms with Crippen molar-refractivity contribution in [2.75, 3.05) is 25.7 Å². The third kappa shape index (κ3) is 2.37. The van der Waals surface area contributed by atoms with Crippen molar-refractivity contribution in [1.82, 2.24) is 0 Å². The maximum Gasteiger partial charge on any atom is 0.128 e. The van der Waals surface area contributed by atoms with Crippen molar-refractivity contribution < 1.29 is 13.9 Å². The summed E-state index contributed by atoms with van der Waals surface area (Å²) < 4.78 is 24.4. The van der Waals surface area contributed by atoms with E-state index in [1.807, 2.05) is 18.2 Å². The Hall–Kier alpha value is -2.27. The molecule has 3 rings (SSSR count). The van der Waals surface area contributed by atoms with Crippen LogP contribution in [0.5, 0.6) is 11.5 Å². The number of halogens is 1. The van der Waals surface area contributed by atoms with Crippen LogP contribution < -0.4 is 20.1 Å². The van der Waals surface area contributed by atoms with Gasteiger partial charge in [-0.15, -0.1) is 0 Å². The molecule has 0 bridgehead atoms. The average molecular weight is 302 g/mol. The van der Waals surface area contributed by atoms with Crippen molar-refractivity contribution in [1.29, 1.82) is 0 Å². The molecule has 0 fully saturated rings. The van der Waals surface area contributed by atoms with Crippen LogP contribution in [-0.4, -0.2) is 20.8 Å². The zero-order valence-corrected chi connectivity index (χ0v) is 12.7. The summed E-state index contributed by atoms with van der Waals surface area (Å²) in [6, 6.07) is 10.4. The Balaban J connectivity index is 2.07. The molecule has 1 unspecified atom stereocenters. The summed E-state index contributed by atoms with van der Waals surface area (Å²) in [6.45, 7) is 1.07. The molecular weight excluding hydrogens is 283 g/mol. The molecule has 0 aliphatic carbocycles. The Kier molecular flexibility index (Phi) is 3.90. The minimum absolute atomic E-state index is 0.0438. The standard InChI is InChI=1S/C17H19FN2O2/c1-21-14-6-11-10-20(13-5-3-4-12(18)7-13)15(9-19)17(11)16(8-14)22-2/h3-8,15H,9-10,19H2,1-2H3. The van der Waals surface area contributed by atoms with E-state index in [2.05, 4.69) is 4.90 Å². The first kappa shape index (κ1) is 14.7. The van der Waals surface area contributed by atoms with Crippen molar-refractivity contribution in [3.8, 4) is 11.5 Å². The highest BCUT2D eigenvalue weighted by molar-refractivity contribution is 5.60. The van der Waals surface area contributed by atoms with Gasteiger partial charge in [0.05, 0.1) is 20.3 Å². The number of rotatable bonds is 4. The summed E-state index contributed by atoms with van der Waals surface area (Å²) in [5, 5.41) is 0. The van der Waals surface area contributed by atoms with Crippen LogP contribution in [0.2, 0.25) is 0 Å². The molecule has 5 heteroatoms. The molecule has 116 valence electrons. The lowest BCUT2D eigenvalue weighted by molar-refractivity contribution is 0.389. The Morgan fingerprint density at radius 1 is 1.23 bits per heavy atom. The van der Waals surface area contributed by atoms with Crippen molar-refractivity contribution in [2.24, 2.45) is 5.73 Å². The van der Waals surface area contributed by atoms with Gasteiger partial charge in [0, 0.05) is 30.4 Å². The molecule has 2 N–H and O–H groups in total. The van der Waals surface area contributed by atoms with Gasteiger partial charge in [0.2, 0.25) is 0 Å². The van der Waals surface area contributed by atoms with Gasteiger partial charge in [-0.05, 0) is 29.8 Å². The Bertz CT molecular complexity index is 690. The maximum absolute atomic E-state index is 13.5. The van der Waals surface area contributed by atoms with Gasteiger partial charge in [0.25, 0.3) is 0 Å². The zero-order valence-electron chi connectivity index (χ0n) is 12.7. The maximum atomic E-state index is 13.5. The van der Waals surface area contributed by atoms with Crippen molar-refractivity contribution in [3.63, 3.8) is 0 Å². The van der Waals surface area contributed by atoms with Crippen LogP contribution in [0.25, 0.3) is 0 Å². The van der Waals surface area contributed by atoms with Gasteiger partial charge in [-0.3, -0.25) is 0 Å². The zero-order chi connectivity index (χ0) is 15.7. The summed E-state index contributed by atoms with van der Waals surface area (Å²) in [6.07, 6.45) is 0. The fourth-order valence-electron chi connectivity index (χ4n) is 3.07. The molecule has 4 nitrogen and oxygen atoms in total.